The first kappa shape index (κ1) is 11.7. The summed E-state index contributed by atoms with van der Waals surface area (Å²) in [5.74, 6) is -0.0723. The van der Waals surface area contributed by atoms with Crippen LogP contribution in [0.25, 0.3) is 0 Å². The van der Waals surface area contributed by atoms with Gasteiger partial charge in [0, 0.05) is 17.7 Å². The van der Waals surface area contributed by atoms with Crippen molar-refractivity contribution in [1.29, 1.82) is 0 Å². The molecule has 0 aliphatic rings. The summed E-state index contributed by atoms with van der Waals surface area (Å²) >= 11 is 0. The number of pyridine rings is 1. The predicted octanol–water partition coefficient (Wildman–Crippen LogP) is 1.56. The van der Waals surface area contributed by atoms with Gasteiger partial charge in [-0.05, 0) is 12.5 Å². The molecule has 1 amide bonds. The highest BCUT2D eigenvalue weighted by atomic mass is 16.3. The van der Waals surface area contributed by atoms with Crippen LogP contribution >= 0.6 is 0 Å². The lowest BCUT2D eigenvalue weighted by atomic mass is 10.1. The fraction of sp³-hybridized carbons (Fsp3) is 0.455. The third-order valence-electron chi connectivity index (χ3n) is 2.40. The summed E-state index contributed by atoms with van der Waals surface area (Å²) in [7, 11) is 0. The number of carbonyl (C=O) groups is 1. The van der Waals surface area contributed by atoms with Crippen molar-refractivity contribution < 1.29 is 9.90 Å². The Morgan fingerprint density at radius 1 is 1.67 bits per heavy atom. The average molecular weight is 208 g/mol. The van der Waals surface area contributed by atoms with E-state index in [0.29, 0.717) is 11.3 Å². The van der Waals surface area contributed by atoms with Gasteiger partial charge in [-0.1, -0.05) is 13.8 Å². The van der Waals surface area contributed by atoms with Gasteiger partial charge >= 0.3 is 0 Å². The van der Waals surface area contributed by atoms with Crippen LogP contribution in [0.2, 0.25) is 0 Å². The van der Waals surface area contributed by atoms with E-state index in [2.05, 4.69) is 10.3 Å². The van der Waals surface area contributed by atoms with E-state index in [0.717, 1.165) is 6.42 Å². The fourth-order valence-electron chi connectivity index (χ4n) is 1.12. The Hall–Kier alpha value is -1.42. The number of aliphatic hydroxyl groups is 1. The van der Waals surface area contributed by atoms with E-state index in [-0.39, 0.29) is 18.4 Å². The molecule has 0 aliphatic carbocycles. The smallest absolute Gasteiger partial charge is 0.227 e. The number of anilines is 1. The summed E-state index contributed by atoms with van der Waals surface area (Å²) in [5, 5.41) is 11.8. The second-order valence-electron chi connectivity index (χ2n) is 3.49. The molecule has 0 saturated heterocycles. The van der Waals surface area contributed by atoms with Crippen molar-refractivity contribution in [2.75, 3.05) is 5.32 Å². The van der Waals surface area contributed by atoms with Crippen LogP contribution in [0, 0.1) is 5.92 Å². The van der Waals surface area contributed by atoms with E-state index in [9.17, 15) is 4.79 Å². The summed E-state index contributed by atoms with van der Waals surface area (Å²) < 4.78 is 0. The molecule has 0 radical (unpaired) electrons. The zero-order chi connectivity index (χ0) is 11.3. The van der Waals surface area contributed by atoms with Crippen molar-refractivity contribution in [3.63, 3.8) is 0 Å². The summed E-state index contributed by atoms with van der Waals surface area (Å²) in [6.45, 7) is 3.73. The molecular formula is C11H16N2O2. The highest BCUT2D eigenvalue weighted by Crippen LogP contribution is 2.14. The SMILES string of the molecule is CCC(C)C(=O)Nc1cnccc1CO. The number of amides is 1. The van der Waals surface area contributed by atoms with Gasteiger partial charge in [0.05, 0.1) is 18.5 Å². The molecule has 15 heavy (non-hydrogen) atoms. The second kappa shape index (κ2) is 5.46. The number of nitrogens with zero attached hydrogens (tertiary/aromatic N) is 1. The van der Waals surface area contributed by atoms with Crippen molar-refractivity contribution in [3.8, 4) is 0 Å². The standard InChI is InChI=1S/C11H16N2O2/c1-3-8(2)11(15)13-10-6-12-5-4-9(10)7-14/h4-6,8,14H,3,7H2,1-2H3,(H,13,15). The van der Waals surface area contributed by atoms with Gasteiger partial charge in [-0.2, -0.15) is 0 Å². The quantitative estimate of drug-likeness (QED) is 0.789. The van der Waals surface area contributed by atoms with Crippen LogP contribution in [0.3, 0.4) is 0 Å². The highest BCUT2D eigenvalue weighted by molar-refractivity contribution is 5.92. The van der Waals surface area contributed by atoms with Crippen LogP contribution in [0.5, 0.6) is 0 Å². The molecule has 4 nitrogen and oxygen atoms in total. The minimum atomic E-state index is -0.0986. The van der Waals surface area contributed by atoms with Crippen LogP contribution in [-0.4, -0.2) is 16.0 Å². The number of carbonyl (C=O) groups excluding carboxylic acids is 1. The molecule has 2 N–H and O–H groups in total. The molecule has 1 rings (SSSR count). The van der Waals surface area contributed by atoms with Gasteiger partial charge in [-0.25, -0.2) is 0 Å². The van der Waals surface area contributed by atoms with E-state index in [1.807, 2.05) is 13.8 Å². The molecule has 1 unspecified atom stereocenters. The zero-order valence-corrected chi connectivity index (χ0v) is 9.03. The molecular weight excluding hydrogens is 192 g/mol. The minimum absolute atomic E-state index is 0.0308. The zero-order valence-electron chi connectivity index (χ0n) is 9.03. The molecule has 82 valence electrons. The van der Waals surface area contributed by atoms with E-state index >= 15 is 0 Å². The van der Waals surface area contributed by atoms with Gasteiger partial charge in [-0.15, -0.1) is 0 Å². The summed E-state index contributed by atoms with van der Waals surface area (Å²) in [5.41, 5.74) is 1.27. The molecule has 1 aromatic heterocycles. The Kier molecular flexibility index (Phi) is 4.24. The lowest BCUT2D eigenvalue weighted by Gasteiger charge is -2.11. The van der Waals surface area contributed by atoms with Crippen LogP contribution in [-0.2, 0) is 11.4 Å². The third-order valence-corrected chi connectivity index (χ3v) is 2.40. The molecule has 0 spiro atoms. The van der Waals surface area contributed by atoms with Gasteiger partial charge in [-0.3, -0.25) is 9.78 Å². The maximum absolute atomic E-state index is 11.6. The van der Waals surface area contributed by atoms with Crippen molar-refractivity contribution >= 4 is 11.6 Å². The van der Waals surface area contributed by atoms with Crippen molar-refractivity contribution in [2.24, 2.45) is 5.92 Å². The number of rotatable bonds is 4. The summed E-state index contributed by atoms with van der Waals surface area (Å²) in [6.07, 6.45) is 3.93. The van der Waals surface area contributed by atoms with Crippen LogP contribution in [0.15, 0.2) is 18.5 Å². The second-order valence-corrected chi connectivity index (χ2v) is 3.49. The summed E-state index contributed by atoms with van der Waals surface area (Å²) in [6, 6.07) is 1.69. The number of nitrogens with one attached hydrogen (secondary N) is 1. The first-order valence-electron chi connectivity index (χ1n) is 5.03. The first-order valence-corrected chi connectivity index (χ1v) is 5.03. The van der Waals surface area contributed by atoms with E-state index in [4.69, 9.17) is 5.11 Å². The van der Waals surface area contributed by atoms with Crippen molar-refractivity contribution in [3.05, 3.63) is 24.0 Å². The highest BCUT2D eigenvalue weighted by Gasteiger charge is 2.12. The monoisotopic (exact) mass is 208 g/mol. The lowest BCUT2D eigenvalue weighted by Crippen LogP contribution is -2.20. The van der Waals surface area contributed by atoms with Gasteiger partial charge in [0.1, 0.15) is 0 Å². The Labute approximate surface area is 89.3 Å². The molecule has 1 atom stereocenters. The Bertz CT molecular complexity index is 339. The Balaban J connectivity index is 2.76. The molecule has 0 fully saturated rings. The molecule has 0 bridgehead atoms. The molecule has 4 heteroatoms. The largest absolute Gasteiger partial charge is 0.392 e. The minimum Gasteiger partial charge on any atom is -0.392 e. The molecule has 1 aromatic rings. The van der Waals surface area contributed by atoms with E-state index < -0.39 is 0 Å². The van der Waals surface area contributed by atoms with E-state index in [1.165, 1.54) is 0 Å². The van der Waals surface area contributed by atoms with Gasteiger partial charge in [0.2, 0.25) is 5.91 Å². The molecule has 1 heterocycles. The van der Waals surface area contributed by atoms with Crippen molar-refractivity contribution in [2.45, 2.75) is 26.9 Å². The number of aromatic nitrogens is 1. The summed E-state index contributed by atoms with van der Waals surface area (Å²) in [4.78, 5) is 15.5. The number of hydrogen-bond acceptors (Lipinski definition) is 3. The van der Waals surface area contributed by atoms with Crippen LogP contribution in [0.4, 0.5) is 5.69 Å². The predicted molar refractivity (Wildman–Crippen MR) is 58.2 cm³/mol. The van der Waals surface area contributed by atoms with Gasteiger partial charge in [0.15, 0.2) is 0 Å². The molecule has 0 saturated carbocycles. The lowest BCUT2D eigenvalue weighted by molar-refractivity contribution is -0.119. The molecule has 0 aliphatic heterocycles. The normalized spacial score (nSPS) is 12.2. The van der Waals surface area contributed by atoms with Crippen molar-refractivity contribution in [1.82, 2.24) is 4.98 Å². The topological polar surface area (TPSA) is 62.2 Å². The van der Waals surface area contributed by atoms with Gasteiger partial charge in [0.25, 0.3) is 0 Å². The third kappa shape index (κ3) is 3.02. The van der Waals surface area contributed by atoms with E-state index in [1.54, 1.807) is 18.5 Å². The fourth-order valence-corrected chi connectivity index (χ4v) is 1.12. The van der Waals surface area contributed by atoms with Crippen LogP contribution < -0.4 is 5.32 Å². The number of hydrogen-bond donors (Lipinski definition) is 2. The van der Waals surface area contributed by atoms with Gasteiger partial charge < -0.3 is 10.4 Å². The maximum atomic E-state index is 11.6. The van der Waals surface area contributed by atoms with Crippen LogP contribution in [0.1, 0.15) is 25.8 Å². The Morgan fingerprint density at radius 2 is 2.40 bits per heavy atom. The Morgan fingerprint density at radius 3 is 3.00 bits per heavy atom. The average Bonchev–Trinajstić information content (AvgIpc) is 2.28. The maximum Gasteiger partial charge on any atom is 0.227 e. The number of aliphatic hydroxyl groups excluding tert-OH is 1. The first-order chi connectivity index (χ1) is 7.19. The molecule has 0 aromatic carbocycles.